The summed E-state index contributed by atoms with van der Waals surface area (Å²) in [5.41, 5.74) is 1.36. The quantitative estimate of drug-likeness (QED) is 0.607. The Morgan fingerprint density at radius 1 is 1.09 bits per heavy atom. The molecular weight excluding hydrogens is 278 g/mol. The third-order valence-electron chi connectivity index (χ3n) is 3.52. The first-order valence-electron chi connectivity index (χ1n) is 7.00. The van der Waals surface area contributed by atoms with Crippen molar-refractivity contribution < 1.29 is 4.42 Å². The lowest BCUT2D eigenvalue weighted by atomic mass is 10.2. The number of furan rings is 1. The van der Waals surface area contributed by atoms with E-state index in [0.717, 1.165) is 16.7 Å². The second-order valence-electron chi connectivity index (χ2n) is 5.04. The molecule has 2 aromatic carbocycles. The molecule has 0 saturated carbocycles. The summed E-state index contributed by atoms with van der Waals surface area (Å²) in [4.78, 5) is 19.1. The molecule has 0 saturated heterocycles. The van der Waals surface area contributed by atoms with Crippen LogP contribution in [-0.4, -0.2) is 9.97 Å². The zero-order valence-electron chi connectivity index (χ0n) is 11.7. The maximum absolute atomic E-state index is 12.0. The number of fused-ring (bicyclic) bond motifs is 2. The van der Waals surface area contributed by atoms with Gasteiger partial charge >= 0.3 is 0 Å². The van der Waals surface area contributed by atoms with E-state index in [1.165, 1.54) is 0 Å². The lowest BCUT2D eigenvalue weighted by Gasteiger charge is -2.04. The van der Waals surface area contributed by atoms with Crippen LogP contribution in [0.3, 0.4) is 0 Å². The Kier molecular flexibility index (Phi) is 2.89. The van der Waals surface area contributed by atoms with E-state index in [2.05, 4.69) is 15.3 Å². The van der Waals surface area contributed by atoms with Crippen molar-refractivity contribution in [3.05, 3.63) is 70.7 Å². The molecule has 0 spiro atoms. The molecular formula is C17H13N3O2. The zero-order valence-corrected chi connectivity index (χ0v) is 11.7. The van der Waals surface area contributed by atoms with Crippen LogP contribution in [0.2, 0.25) is 0 Å². The maximum atomic E-state index is 12.0. The molecule has 22 heavy (non-hydrogen) atoms. The maximum Gasteiger partial charge on any atom is 0.260 e. The highest BCUT2D eigenvalue weighted by molar-refractivity contribution is 5.79. The number of rotatable bonds is 3. The van der Waals surface area contributed by atoms with Crippen molar-refractivity contribution in [1.82, 2.24) is 9.97 Å². The van der Waals surface area contributed by atoms with E-state index < -0.39 is 0 Å². The highest BCUT2D eigenvalue weighted by Gasteiger charge is 2.05. The third-order valence-corrected chi connectivity index (χ3v) is 3.52. The minimum atomic E-state index is -0.155. The van der Waals surface area contributed by atoms with Gasteiger partial charge in [-0.3, -0.25) is 9.78 Å². The van der Waals surface area contributed by atoms with Crippen molar-refractivity contribution in [3.63, 3.8) is 0 Å². The molecule has 0 aliphatic rings. The van der Waals surface area contributed by atoms with E-state index in [1.807, 2.05) is 48.5 Å². The van der Waals surface area contributed by atoms with Gasteiger partial charge < -0.3 is 9.73 Å². The minimum Gasteiger partial charge on any atom is -0.459 e. The lowest BCUT2D eigenvalue weighted by Crippen LogP contribution is -2.12. The SMILES string of the molecule is O=c1[nH]c(NCc2cc3ccccc3o2)nc2ccccc12. The molecule has 0 amide bonds. The fraction of sp³-hybridized carbons (Fsp3) is 0.0588. The molecule has 5 heteroatoms. The number of para-hydroxylation sites is 2. The molecule has 0 fully saturated rings. The lowest BCUT2D eigenvalue weighted by molar-refractivity contribution is 0.558. The molecule has 0 radical (unpaired) electrons. The van der Waals surface area contributed by atoms with E-state index in [0.29, 0.717) is 23.4 Å². The van der Waals surface area contributed by atoms with Crippen LogP contribution in [0.1, 0.15) is 5.76 Å². The van der Waals surface area contributed by atoms with Crippen molar-refractivity contribution in [2.24, 2.45) is 0 Å². The normalized spacial score (nSPS) is 11.1. The van der Waals surface area contributed by atoms with Crippen LogP contribution in [0.25, 0.3) is 21.9 Å². The Morgan fingerprint density at radius 2 is 1.91 bits per heavy atom. The van der Waals surface area contributed by atoms with Crippen molar-refractivity contribution >= 4 is 27.8 Å². The van der Waals surface area contributed by atoms with Gasteiger partial charge in [0.15, 0.2) is 0 Å². The molecule has 4 aromatic rings. The number of nitrogens with zero attached hydrogens (tertiary/aromatic N) is 1. The molecule has 0 aliphatic carbocycles. The van der Waals surface area contributed by atoms with E-state index in [4.69, 9.17) is 4.42 Å². The molecule has 0 bridgehead atoms. The number of hydrogen-bond donors (Lipinski definition) is 2. The number of benzene rings is 2. The first kappa shape index (κ1) is 12.6. The molecule has 108 valence electrons. The third kappa shape index (κ3) is 2.22. The number of nitrogens with one attached hydrogen (secondary N) is 2. The van der Waals surface area contributed by atoms with Crippen LogP contribution >= 0.6 is 0 Å². The zero-order chi connectivity index (χ0) is 14.9. The van der Waals surface area contributed by atoms with Gasteiger partial charge in [-0.15, -0.1) is 0 Å². The number of H-pyrrole nitrogens is 1. The van der Waals surface area contributed by atoms with Gasteiger partial charge in [-0.05, 0) is 24.3 Å². The summed E-state index contributed by atoms with van der Waals surface area (Å²) in [6, 6.07) is 17.1. The van der Waals surface area contributed by atoms with Crippen molar-refractivity contribution in [3.8, 4) is 0 Å². The molecule has 0 unspecified atom stereocenters. The van der Waals surface area contributed by atoms with Crippen LogP contribution in [0.15, 0.2) is 63.8 Å². The fourth-order valence-corrected chi connectivity index (χ4v) is 2.46. The average Bonchev–Trinajstić information content (AvgIpc) is 2.96. The van der Waals surface area contributed by atoms with Crippen LogP contribution < -0.4 is 10.9 Å². The fourth-order valence-electron chi connectivity index (χ4n) is 2.46. The van der Waals surface area contributed by atoms with Crippen LogP contribution in [-0.2, 0) is 6.54 Å². The Morgan fingerprint density at radius 3 is 2.82 bits per heavy atom. The number of aromatic nitrogens is 2. The Labute approximate surface area is 125 Å². The van der Waals surface area contributed by atoms with Gasteiger partial charge in [-0.1, -0.05) is 30.3 Å². The number of hydrogen-bond acceptors (Lipinski definition) is 4. The molecule has 4 rings (SSSR count). The molecule has 5 nitrogen and oxygen atoms in total. The number of anilines is 1. The van der Waals surface area contributed by atoms with E-state index in [1.54, 1.807) is 6.07 Å². The molecule has 2 heterocycles. The van der Waals surface area contributed by atoms with Crippen molar-refractivity contribution in [2.75, 3.05) is 5.32 Å². The second kappa shape index (κ2) is 5.04. The summed E-state index contributed by atoms with van der Waals surface area (Å²) in [7, 11) is 0. The minimum absolute atomic E-state index is 0.155. The van der Waals surface area contributed by atoms with Crippen molar-refractivity contribution in [2.45, 2.75) is 6.54 Å². The summed E-state index contributed by atoms with van der Waals surface area (Å²) in [6.07, 6.45) is 0. The number of aromatic amines is 1. The average molecular weight is 291 g/mol. The largest absolute Gasteiger partial charge is 0.459 e. The van der Waals surface area contributed by atoms with Gasteiger partial charge in [0, 0.05) is 5.39 Å². The second-order valence-corrected chi connectivity index (χ2v) is 5.04. The highest BCUT2D eigenvalue weighted by atomic mass is 16.3. The van der Waals surface area contributed by atoms with Crippen LogP contribution in [0.4, 0.5) is 5.95 Å². The van der Waals surface area contributed by atoms with E-state index in [9.17, 15) is 4.79 Å². The topological polar surface area (TPSA) is 70.9 Å². The first-order valence-corrected chi connectivity index (χ1v) is 7.00. The van der Waals surface area contributed by atoms with Gasteiger partial charge in [0.1, 0.15) is 11.3 Å². The van der Waals surface area contributed by atoms with Gasteiger partial charge in [-0.2, -0.15) is 0 Å². The Hall–Kier alpha value is -3.08. The van der Waals surface area contributed by atoms with Crippen LogP contribution in [0.5, 0.6) is 0 Å². The van der Waals surface area contributed by atoms with Gasteiger partial charge in [0.05, 0.1) is 17.4 Å². The smallest absolute Gasteiger partial charge is 0.260 e. The molecule has 0 atom stereocenters. The molecule has 2 N–H and O–H groups in total. The Balaban J connectivity index is 1.62. The summed E-state index contributed by atoms with van der Waals surface area (Å²) in [5, 5.41) is 4.73. The monoisotopic (exact) mass is 291 g/mol. The van der Waals surface area contributed by atoms with Gasteiger partial charge in [0.2, 0.25) is 5.95 Å². The Bertz CT molecular complexity index is 984. The predicted molar refractivity (Wildman–Crippen MR) is 85.9 cm³/mol. The predicted octanol–water partition coefficient (Wildman–Crippen LogP) is 3.28. The molecule has 2 aromatic heterocycles. The van der Waals surface area contributed by atoms with E-state index in [-0.39, 0.29) is 5.56 Å². The molecule has 0 aliphatic heterocycles. The first-order chi connectivity index (χ1) is 10.8. The summed E-state index contributed by atoms with van der Waals surface area (Å²) >= 11 is 0. The summed E-state index contributed by atoms with van der Waals surface area (Å²) in [6.45, 7) is 0.454. The van der Waals surface area contributed by atoms with E-state index >= 15 is 0 Å². The summed E-state index contributed by atoms with van der Waals surface area (Å²) in [5.74, 6) is 1.22. The standard InChI is InChI=1S/C17H13N3O2/c21-16-13-6-2-3-7-14(13)19-17(20-16)18-10-12-9-11-5-1-4-8-15(11)22-12/h1-9H,10H2,(H2,18,19,20,21). The van der Waals surface area contributed by atoms with Crippen LogP contribution in [0, 0.1) is 0 Å². The highest BCUT2D eigenvalue weighted by Crippen LogP contribution is 2.19. The van der Waals surface area contributed by atoms with Gasteiger partial charge in [0.25, 0.3) is 5.56 Å². The van der Waals surface area contributed by atoms with Crippen molar-refractivity contribution in [1.29, 1.82) is 0 Å². The van der Waals surface area contributed by atoms with Gasteiger partial charge in [-0.25, -0.2) is 4.98 Å². The summed E-state index contributed by atoms with van der Waals surface area (Å²) < 4.78 is 5.73.